The highest BCUT2D eigenvalue weighted by Gasteiger charge is 2.15. The number of carbonyl (C=O) groups excluding carboxylic acids is 1. The van der Waals surface area contributed by atoms with Crippen molar-refractivity contribution < 1.29 is 4.79 Å². The molecule has 1 amide bonds. The molecule has 0 unspecified atom stereocenters. The van der Waals surface area contributed by atoms with Gasteiger partial charge in [0.15, 0.2) is 5.16 Å². The summed E-state index contributed by atoms with van der Waals surface area (Å²) in [6.07, 6.45) is 0.726. The van der Waals surface area contributed by atoms with Crippen LogP contribution in [0.3, 0.4) is 0 Å². The molecule has 0 aliphatic rings. The number of halogens is 3. The number of aromatic nitrogens is 3. The van der Waals surface area contributed by atoms with Gasteiger partial charge < -0.3 is 9.88 Å². The molecule has 10 heteroatoms. The van der Waals surface area contributed by atoms with Crippen molar-refractivity contribution in [3.05, 3.63) is 55.4 Å². The Hall–Kier alpha value is -1.25. The summed E-state index contributed by atoms with van der Waals surface area (Å²) in [4.78, 5) is 13.5. The Morgan fingerprint density at radius 2 is 2.00 bits per heavy atom. The molecule has 0 spiro atoms. The van der Waals surface area contributed by atoms with Crippen LogP contribution in [0.4, 0.5) is 5.69 Å². The highest BCUT2D eigenvalue weighted by molar-refractivity contribution is 7.99. The number of carbonyl (C=O) groups is 1. The van der Waals surface area contributed by atoms with Gasteiger partial charge in [-0.1, -0.05) is 52.6 Å². The molecule has 5 nitrogen and oxygen atoms in total. The first-order valence-corrected chi connectivity index (χ1v) is 11.0. The van der Waals surface area contributed by atoms with Crippen LogP contribution >= 0.6 is 57.9 Å². The minimum absolute atomic E-state index is 0.174. The fraction of sp³-hybridized carbons (Fsp3) is 0.235. The summed E-state index contributed by atoms with van der Waals surface area (Å²) in [7, 11) is 0. The number of nitrogens with one attached hydrogen (secondary N) is 1. The van der Waals surface area contributed by atoms with Crippen LogP contribution in [0.5, 0.6) is 0 Å². The summed E-state index contributed by atoms with van der Waals surface area (Å²) in [6.45, 7) is 2.76. The Balaban J connectivity index is 1.63. The summed E-state index contributed by atoms with van der Waals surface area (Å²) >= 11 is 21.0. The molecule has 1 N–H and O–H groups in total. The minimum atomic E-state index is -0.217. The van der Waals surface area contributed by atoms with E-state index in [1.807, 2.05) is 22.9 Å². The highest BCUT2D eigenvalue weighted by Crippen LogP contribution is 2.32. The third-order valence-corrected chi connectivity index (χ3v) is 6.52. The van der Waals surface area contributed by atoms with Crippen molar-refractivity contribution in [1.82, 2.24) is 14.8 Å². The van der Waals surface area contributed by atoms with Crippen LogP contribution in [-0.4, -0.2) is 26.4 Å². The molecule has 2 heterocycles. The van der Waals surface area contributed by atoms with E-state index in [4.69, 9.17) is 34.8 Å². The number of hydrogen-bond acceptors (Lipinski definition) is 5. The Bertz CT molecular complexity index is 944. The summed E-state index contributed by atoms with van der Waals surface area (Å²) < 4.78 is 2.02. The van der Waals surface area contributed by atoms with E-state index < -0.39 is 0 Å². The third kappa shape index (κ3) is 5.18. The second kappa shape index (κ2) is 9.30. The molecule has 2 aromatic heterocycles. The number of anilines is 1. The van der Waals surface area contributed by atoms with Gasteiger partial charge in [0.1, 0.15) is 5.82 Å². The minimum Gasteiger partial charge on any atom is -0.324 e. The van der Waals surface area contributed by atoms with E-state index in [1.54, 1.807) is 11.3 Å². The summed E-state index contributed by atoms with van der Waals surface area (Å²) in [5, 5.41) is 15.0. The number of nitrogens with zero attached hydrogens (tertiary/aromatic N) is 3. The van der Waals surface area contributed by atoms with Gasteiger partial charge in [-0.2, -0.15) is 0 Å². The lowest BCUT2D eigenvalue weighted by atomic mass is 10.3. The molecule has 0 saturated heterocycles. The summed E-state index contributed by atoms with van der Waals surface area (Å²) in [5.74, 6) is 0.842. The zero-order valence-corrected chi connectivity index (χ0v) is 18.1. The molecular weight excluding hydrogens is 447 g/mol. The van der Waals surface area contributed by atoms with Crippen LogP contribution in [-0.2, 0) is 17.8 Å². The van der Waals surface area contributed by atoms with Gasteiger partial charge in [-0.15, -0.1) is 21.5 Å². The molecule has 0 fully saturated rings. The first kappa shape index (κ1) is 20.5. The van der Waals surface area contributed by atoms with E-state index in [2.05, 4.69) is 21.6 Å². The zero-order chi connectivity index (χ0) is 19.4. The number of thiophene rings is 1. The van der Waals surface area contributed by atoms with Crippen LogP contribution in [0, 0.1) is 0 Å². The first-order valence-electron chi connectivity index (χ1n) is 7.99. The maximum atomic E-state index is 12.3. The maximum Gasteiger partial charge on any atom is 0.234 e. The smallest absolute Gasteiger partial charge is 0.234 e. The van der Waals surface area contributed by atoms with Gasteiger partial charge >= 0.3 is 0 Å². The molecule has 3 aromatic rings. The molecular formula is C17H15Cl3N4OS2. The van der Waals surface area contributed by atoms with Gasteiger partial charge in [-0.25, -0.2) is 0 Å². The maximum absolute atomic E-state index is 12.3. The molecule has 0 saturated carbocycles. The molecule has 0 bridgehead atoms. The van der Waals surface area contributed by atoms with Crippen molar-refractivity contribution in [1.29, 1.82) is 0 Å². The van der Waals surface area contributed by atoms with Gasteiger partial charge in [0.25, 0.3) is 0 Å². The van der Waals surface area contributed by atoms with Crippen LogP contribution in [0.2, 0.25) is 15.1 Å². The molecule has 1 aromatic carbocycles. The van der Waals surface area contributed by atoms with E-state index in [0.717, 1.165) is 18.8 Å². The molecule has 0 aliphatic carbocycles. The molecule has 3 rings (SSSR count). The van der Waals surface area contributed by atoms with Crippen LogP contribution in [0.15, 0.2) is 34.8 Å². The van der Waals surface area contributed by atoms with Gasteiger partial charge in [0, 0.05) is 17.8 Å². The standard InChI is InChI=1S/C17H15Cl3N4OS2/c1-2-24-15(6-10-4-3-5-26-10)22-23-17(24)27-9-16(25)21-14-8-12(19)11(18)7-13(14)20/h3-5,7-8H,2,6,9H2,1H3,(H,21,25). The zero-order valence-electron chi connectivity index (χ0n) is 14.2. The lowest BCUT2D eigenvalue weighted by molar-refractivity contribution is -0.113. The van der Waals surface area contributed by atoms with E-state index in [0.29, 0.717) is 25.9 Å². The normalized spacial score (nSPS) is 11.0. The lowest BCUT2D eigenvalue weighted by Gasteiger charge is -2.09. The Kier molecular flexibility index (Phi) is 7.05. The summed E-state index contributed by atoms with van der Waals surface area (Å²) in [5.41, 5.74) is 0.423. The van der Waals surface area contributed by atoms with E-state index in [1.165, 1.54) is 28.8 Å². The average Bonchev–Trinajstić information content (AvgIpc) is 3.28. The third-order valence-electron chi connectivity index (χ3n) is 3.64. The molecule has 0 radical (unpaired) electrons. The van der Waals surface area contributed by atoms with Crippen molar-refractivity contribution in [2.24, 2.45) is 0 Å². The van der Waals surface area contributed by atoms with E-state index in [9.17, 15) is 4.79 Å². The number of hydrogen-bond donors (Lipinski definition) is 1. The molecule has 27 heavy (non-hydrogen) atoms. The van der Waals surface area contributed by atoms with Gasteiger partial charge in [0.05, 0.1) is 26.5 Å². The quantitative estimate of drug-likeness (QED) is 0.365. The Labute approximate surface area is 180 Å². The van der Waals surface area contributed by atoms with Crippen molar-refractivity contribution in [2.75, 3.05) is 11.1 Å². The number of thioether (sulfide) groups is 1. The van der Waals surface area contributed by atoms with Gasteiger partial charge in [-0.3, -0.25) is 4.79 Å². The Morgan fingerprint density at radius 1 is 1.22 bits per heavy atom. The van der Waals surface area contributed by atoms with Crippen molar-refractivity contribution in [3.8, 4) is 0 Å². The number of rotatable bonds is 7. The monoisotopic (exact) mass is 460 g/mol. The number of amides is 1. The second-order valence-electron chi connectivity index (χ2n) is 5.48. The predicted molar refractivity (Wildman–Crippen MR) is 114 cm³/mol. The van der Waals surface area contributed by atoms with Gasteiger partial charge in [0.2, 0.25) is 5.91 Å². The predicted octanol–water partition coefficient (Wildman–Crippen LogP) is 5.64. The Morgan fingerprint density at radius 3 is 2.70 bits per heavy atom. The van der Waals surface area contributed by atoms with Crippen LogP contribution < -0.4 is 5.32 Å². The highest BCUT2D eigenvalue weighted by atomic mass is 35.5. The fourth-order valence-electron chi connectivity index (χ4n) is 2.38. The molecule has 0 aliphatic heterocycles. The SMILES string of the molecule is CCn1c(Cc2cccs2)nnc1SCC(=O)Nc1cc(Cl)c(Cl)cc1Cl. The van der Waals surface area contributed by atoms with Crippen molar-refractivity contribution in [3.63, 3.8) is 0 Å². The number of benzene rings is 1. The van der Waals surface area contributed by atoms with Crippen molar-refractivity contribution >= 4 is 69.5 Å². The van der Waals surface area contributed by atoms with E-state index >= 15 is 0 Å². The first-order chi connectivity index (χ1) is 13.0. The fourth-order valence-corrected chi connectivity index (χ4v) is 4.49. The molecule has 142 valence electrons. The average molecular weight is 462 g/mol. The van der Waals surface area contributed by atoms with Crippen LogP contribution in [0.1, 0.15) is 17.6 Å². The second-order valence-corrected chi connectivity index (χ2v) is 8.68. The van der Waals surface area contributed by atoms with Gasteiger partial charge in [-0.05, 0) is 30.5 Å². The van der Waals surface area contributed by atoms with Crippen molar-refractivity contribution in [2.45, 2.75) is 25.0 Å². The molecule has 0 atom stereocenters. The van der Waals surface area contributed by atoms with Crippen LogP contribution in [0.25, 0.3) is 0 Å². The lowest BCUT2D eigenvalue weighted by Crippen LogP contribution is -2.15. The van der Waals surface area contributed by atoms with E-state index in [-0.39, 0.29) is 11.7 Å². The largest absolute Gasteiger partial charge is 0.324 e. The summed E-state index contributed by atoms with van der Waals surface area (Å²) in [6, 6.07) is 7.11. The topological polar surface area (TPSA) is 59.8 Å².